The van der Waals surface area contributed by atoms with Gasteiger partial charge in [-0.1, -0.05) is 12.8 Å². The van der Waals surface area contributed by atoms with Gasteiger partial charge in [0.2, 0.25) is 0 Å². The molecule has 6 heteroatoms. The van der Waals surface area contributed by atoms with Crippen LogP contribution in [0.2, 0.25) is 0 Å². The molecular weight excluding hydrogens is 416 g/mol. The van der Waals surface area contributed by atoms with Crippen LogP contribution in [0.4, 0.5) is 0 Å². The monoisotopic (exact) mass is 458 g/mol. The van der Waals surface area contributed by atoms with Crippen LogP contribution in [0.5, 0.6) is 0 Å². The van der Waals surface area contributed by atoms with Gasteiger partial charge >= 0.3 is 11.9 Å². The van der Waals surface area contributed by atoms with E-state index in [1.54, 1.807) is 0 Å². The molecule has 2 aliphatic heterocycles. The molecule has 0 amide bonds. The van der Waals surface area contributed by atoms with Gasteiger partial charge < -0.3 is 10.2 Å². The first kappa shape index (κ1) is 25.9. The van der Waals surface area contributed by atoms with E-state index in [-0.39, 0.29) is 0 Å². The zero-order valence-electron chi connectivity index (χ0n) is 19.3. The highest BCUT2D eigenvalue weighted by molar-refractivity contribution is 8.01. The highest BCUT2D eigenvalue weighted by Crippen LogP contribution is 2.43. The van der Waals surface area contributed by atoms with Crippen LogP contribution in [0.3, 0.4) is 0 Å². The van der Waals surface area contributed by atoms with E-state index in [1.165, 1.54) is 38.5 Å². The summed E-state index contributed by atoms with van der Waals surface area (Å²) in [6.45, 7) is 7.33. The van der Waals surface area contributed by atoms with Crippen LogP contribution in [0, 0.1) is 10.8 Å². The second-order valence-corrected chi connectivity index (χ2v) is 13.9. The summed E-state index contributed by atoms with van der Waals surface area (Å²) in [5.74, 6) is -1.37. The molecule has 0 bridgehead atoms. The van der Waals surface area contributed by atoms with E-state index in [2.05, 4.69) is 23.5 Å². The van der Waals surface area contributed by atoms with Gasteiger partial charge in [0, 0.05) is 21.0 Å². The normalized spacial score (nSPS) is 27.5. The van der Waals surface area contributed by atoms with Crippen LogP contribution in [0.1, 0.15) is 105 Å². The Bertz CT molecular complexity index is 526. The van der Waals surface area contributed by atoms with E-state index in [1.807, 2.05) is 27.7 Å². The van der Waals surface area contributed by atoms with Crippen LogP contribution in [-0.4, -0.2) is 43.2 Å². The third-order valence-corrected chi connectivity index (χ3v) is 10.4. The van der Waals surface area contributed by atoms with Gasteiger partial charge in [-0.2, -0.15) is 23.5 Å². The minimum Gasteiger partial charge on any atom is -0.481 e. The van der Waals surface area contributed by atoms with E-state index in [0.717, 1.165) is 59.5 Å². The van der Waals surface area contributed by atoms with Crippen molar-refractivity contribution in [2.45, 2.75) is 126 Å². The third-order valence-electron chi connectivity index (χ3n) is 7.02. The molecule has 0 aromatic carbocycles. The van der Waals surface area contributed by atoms with Crippen molar-refractivity contribution in [3.05, 3.63) is 0 Å². The summed E-state index contributed by atoms with van der Waals surface area (Å²) < 4.78 is 0. The highest BCUT2D eigenvalue weighted by Gasteiger charge is 2.31. The molecule has 0 aliphatic carbocycles. The van der Waals surface area contributed by atoms with Crippen molar-refractivity contribution in [3.63, 3.8) is 0 Å². The van der Waals surface area contributed by atoms with Crippen molar-refractivity contribution >= 4 is 35.5 Å². The molecule has 0 aromatic heterocycles. The van der Waals surface area contributed by atoms with Crippen molar-refractivity contribution in [1.29, 1.82) is 0 Å². The largest absolute Gasteiger partial charge is 0.481 e. The summed E-state index contributed by atoms with van der Waals surface area (Å²) in [7, 11) is 0. The first-order valence-electron chi connectivity index (χ1n) is 11.8. The molecule has 4 atom stereocenters. The Labute approximate surface area is 191 Å². The van der Waals surface area contributed by atoms with Crippen LogP contribution in [0.25, 0.3) is 0 Å². The molecule has 2 aliphatic rings. The average molecular weight is 459 g/mol. The van der Waals surface area contributed by atoms with E-state index < -0.39 is 22.8 Å². The summed E-state index contributed by atoms with van der Waals surface area (Å²) in [6.07, 6.45) is 13.8. The van der Waals surface area contributed by atoms with Gasteiger partial charge in [-0.25, -0.2) is 0 Å². The van der Waals surface area contributed by atoms with Crippen LogP contribution in [-0.2, 0) is 9.59 Å². The van der Waals surface area contributed by atoms with E-state index >= 15 is 0 Å². The molecule has 0 spiro atoms. The summed E-state index contributed by atoms with van der Waals surface area (Å²) in [4.78, 5) is 22.5. The number of carbonyl (C=O) groups is 2. The van der Waals surface area contributed by atoms with Crippen molar-refractivity contribution in [2.24, 2.45) is 10.8 Å². The fourth-order valence-electron chi connectivity index (χ4n) is 4.54. The molecule has 30 heavy (non-hydrogen) atoms. The predicted molar refractivity (Wildman–Crippen MR) is 129 cm³/mol. The molecule has 2 saturated heterocycles. The van der Waals surface area contributed by atoms with Crippen LogP contribution < -0.4 is 0 Å². The fourth-order valence-corrected chi connectivity index (χ4v) is 7.87. The van der Waals surface area contributed by atoms with Crippen molar-refractivity contribution in [3.8, 4) is 0 Å². The molecular formula is C24H42O4S2. The molecule has 2 fully saturated rings. The number of rotatable bonds is 13. The Morgan fingerprint density at radius 2 is 0.967 bits per heavy atom. The predicted octanol–water partition coefficient (Wildman–Crippen LogP) is 6.86. The van der Waals surface area contributed by atoms with E-state index in [9.17, 15) is 19.8 Å². The Balaban J connectivity index is 1.57. The highest BCUT2D eigenvalue weighted by atomic mass is 32.2. The topological polar surface area (TPSA) is 74.6 Å². The fraction of sp³-hybridized carbons (Fsp3) is 0.917. The second kappa shape index (κ2) is 11.5. The Kier molecular flexibility index (Phi) is 9.92. The quantitative estimate of drug-likeness (QED) is 0.314. The molecule has 174 valence electrons. The van der Waals surface area contributed by atoms with Crippen molar-refractivity contribution < 1.29 is 19.8 Å². The van der Waals surface area contributed by atoms with Gasteiger partial charge in [-0.3, -0.25) is 9.59 Å². The summed E-state index contributed by atoms with van der Waals surface area (Å²) >= 11 is 4.32. The van der Waals surface area contributed by atoms with Gasteiger partial charge in [-0.15, -0.1) is 0 Å². The molecule has 2 N–H and O–H groups in total. The standard InChI is InChI=1S/C24H42O4S2/c1-23(2,21(25)26)15-5-7-17-9-11-19(29-17)13-14-20-12-10-18(30-20)8-6-16-24(3,4)22(27)28/h17-20H,5-16H2,1-4H3,(H,25,26)(H,27,28). The lowest BCUT2D eigenvalue weighted by molar-refractivity contribution is -0.148. The van der Waals surface area contributed by atoms with E-state index in [0.29, 0.717) is 0 Å². The molecule has 2 heterocycles. The number of thioether (sulfide) groups is 2. The van der Waals surface area contributed by atoms with Gasteiger partial charge in [0.25, 0.3) is 0 Å². The average Bonchev–Trinajstić information content (AvgIpc) is 3.29. The van der Waals surface area contributed by atoms with Gasteiger partial charge in [0.05, 0.1) is 10.8 Å². The van der Waals surface area contributed by atoms with Crippen molar-refractivity contribution in [1.82, 2.24) is 0 Å². The lowest BCUT2D eigenvalue weighted by atomic mass is 9.87. The van der Waals surface area contributed by atoms with E-state index in [4.69, 9.17) is 0 Å². The number of hydrogen-bond acceptors (Lipinski definition) is 4. The number of hydrogen-bond donors (Lipinski definition) is 2. The second-order valence-electron chi connectivity index (χ2n) is 10.7. The van der Waals surface area contributed by atoms with Gasteiger partial charge in [0.1, 0.15) is 0 Å². The minimum absolute atomic E-state index is 0.595. The Morgan fingerprint density at radius 3 is 1.27 bits per heavy atom. The molecule has 0 saturated carbocycles. The molecule has 2 rings (SSSR count). The summed E-state index contributed by atoms with van der Waals surface area (Å²) in [5, 5.41) is 21.5. The Morgan fingerprint density at radius 1 is 0.667 bits per heavy atom. The first-order chi connectivity index (χ1) is 14.0. The maximum absolute atomic E-state index is 11.2. The molecule has 4 unspecified atom stereocenters. The lowest BCUT2D eigenvalue weighted by Crippen LogP contribution is -2.23. The first-order valence-corrected chi connectivity index (χ1v) is 13.7. The smallest absolute Gasteiger partial charge is 0.309 e. The maximum atomic E-state index is 11.2. The molecule has 0 aromatic rings. The minimum atomic E-state index is -0.683. The number of aliphatic carboxylic acids is 2. The number of carboxylic acid groups (broad SMARTS) is 2. The molecule has 4 nitrogen and oxygen atoms in total. The van der Waals surface area contributed by atoms with Gasteiger partial charge in [0.15, 0.2) is 0 Å². The summed E-state index contributed by atoms with van der Waals surface area (Å²) in [5.41, 5.74) is -1.19. The zero-order chi connectivity index (χ0) is 22.4. The SMILES string of the molecule is CC(C)(CCCC1CCC(CCC2CCC(CCCC(C)(C)C(=O)O)S2)S1)C(=O)O. The molecule has 0 radical (unpaired) electrons. The lowest BCUT2D eigenvalue weighted by Gasteiger charge is -2.20. The number of carboxylic acids is 2. The van der Waals surface area contributed by atoms with Crippen molar-refractivity contribution in [2.75, 3.05) is 0 Å². The van der Waals surface area contributed by atoms with Gasteiger partial charge in [-0.05, 0) is 91.9 Å². The maximum Gasteiger partial charge on any atom is 0.309 e. The zero-order valence-corrected chi connectivity index (χ0v) is 21.0. The summed E-state index contributed by atoms with van der Waals surface area (Å²) in [6, 6.07) is 0. The Hall–Kier alpha value is -0.360. The van der Waals surface area contributed by atoms with Crippen LogP contribution >= 0.6 is 23.5 Å². The third kappa shape index (κ3) is 8.29. The van der Waals surface area contributed by atoms with Crippen LogP contribution in [0.15, 0.2) is 0 Å².